The lowest BCUT2D eigenvalue weighted by Crippen LogP contribution is -2.32. The first kappa shape index (κ1) is 10.6. The van der Waals surface area contributed by atoms with Gasteiger partial charge in [0.1, 0.15) is 0 Å². The predicted octanol–water partition coefficient (Wildman–Crippen LogP) is 1.03. The van der Waals surface area contributed by atoms with Crippen LogP contribution in [0.25, 0.3) is 11.0 Å². The largest absolute Gasteiger partial charge is 0.399 e. The zero-order chi connectivity index (χ0) is 11.7. The molecule has 0 saturated carbocycles. The molecule has 1 aromatic carbocycles. The molecular formula is C12H15N3O2. The van der Waals surface area contributed by atoms with Gasteiger partial charge in [-0.3, -0.25) is 0 Å². The summed E-state index contributed by atoms with van der Waals surface area (Å²) in [4.78, 5) is 4.33. The van der Waals surface area contributed by atoms with Crippen LogP contribution in [-0.2, 0) is 16.0 Å². The zero-order valence-corrected chi connectivity index (χ0v) is 9.50. The summed E-state index contributed by atoms with van der Waals surface area (Å²) in [6, 6.07) is 5.75. The molecule has 1 aliphatic heterocycles. The Hall–Kier alpha value is -1.59. The molecule has 5 nitrogen and oxygen atoms in total. The van der Waals surface area contributed by atoms with Crippen LogP contribution >= 0.6 is 0 Å². The number of ether oxygens (including phenoxy) is 2. The Labute approximate surface area is 99.1 Å². The molecule has 1 atom stereocenters. The van der Waals surface area contributed by atoms with E-state index in [9.17, 15) is 0 Å². The first-order valence-corrected chi connectivity index (χ1v) is 5.72. The third-order valence-corrected chi connectivity index (χ3v) is 2.93. The minimum atomic E-state index is 0.110. The van der Waals surface area contributed by atoms with E-state index in [0.29, 0.717) is 19.8 Å². The predicted molar refractivity (Wildman–Crippen MR) is 64.7 cm³/mol. The van der Waals surface area contributed by atoms with Gasteiger partial charge in [0, 0.05) is 5.69 Å². The van der Waals surface area contributed by atoms with Crippen LogP contribution in [0.3, 0.4) is 0 Å². The summed E-state index contributed by atoms with van der Waals surface area (Å²) in [7, 11) is 0. The van der Waals surface area contributed by atoms with Gasteiger partial charge in [0.05, 0.1) is 49.8 Å². The number of nitrogens with two attached hydrogens (primary N) is 1. The summed E-state index contributed by atoms with van der Waals surface area (Å²) in [5.41, 5.74) is 8.46. The summed E-state index contributed by atoms with van der Waals surface area (Å²) < 4.78 is 13.1. The Morgan fingerprint density at radius 3 is 3.18 bits per heavy atom. The van der Waals surface area contributed by atoms with Crippen LogP contribution in [0, 0.1) is 0 Å². The maximum absolute atomic E-state index is 5.72. The second-order valence-electron chi connectivity index (χ2n) is 4.21. The number of rotatable bonds is 2. The zero-order valence-electron chi connectivity index (χ0n) is 9.50. The van der Waals surface area contributed by atoms with Crippen molar-refractivity contribution in [2.24, 2.45) is 0 Å². The number of imidazole rings is 1. The van der Waals surface area contributed by atoms with Crippen molar-refractivity contribution in [2.45, 2.75) is 12.6 Å². The third-order valence-electron chi connectivity index (χ3n) is 2.93. The van der Waals surface area contributed by atoms with Gasteiger partial charge in [0.15, 0.2) is 0 Å². The molecule has 3 rings (SSSR count). The molecular weight excluding hydrogens is 218 g/mol. The normalized spacial score (nSPS) is 20.8. The van der Waals surface area contributed by atoms with E-state index in [1.54, 1.807) is 0 Å². The fraction of sp³-hybridized carbons (Fsp3) is 0.417. The highest BCUT2D eigenvalue weighted by Gasteiger charge is 2.15. The van der Waals surface area contributed by atoms with Gasteiger partial charge in [-0.15, -0.1) is 0 Å². The van der Waals surface area contributed by atoms with Gasteiger partial charge in [-0.25, -0.2) is 4.98 Å². The summed E-state index contributed by atoms with van der Waals surface area (Å²) in [6.45, 7) is 2.77. The highest BCUT2D eigenvalue weighted by Crippen LogP contribution is 2.17. The number of anilines is 1. The summed E-state index contributed by atoms with van der Waals surface area (Å²) >= 11 is 0. The number of nitrogen functional groups attached to an aromatic ring is 1. The van der Waals surface area contributed by atoms with Crippen molar-refractivity contribution in [3.05, 3.63) is 24.5 Å². The van der Waals surface area contributed by atoms with Gasteiger partial charge in [-0.05, 0) is 18.2 Å². The lowest BCUT2D eigenvalue weighted by atomic mass is 10.2. The van der Waals surface area contributed by atoms with Gasteiger partial charge in [0.2, 0.25) is 0 Å². The maximum atomic E-state index is 5.72. The number of hydrogen-bond acceptors (Lipinski definition) is 4. The highest BCUT2D eigenvalue weighted by atomic mass is 16.6. The smallest absolute Gasteiger partial charge is 0.0988 e. The molecule has 1 fully saturated rings. The van der Waals surface area contributed by atoms with Crippen LogP contribution in [-0.4, -0.2) is 35.5 Å². The Balaban J connectivity index is 1.84. The van der Waals surface area contributed by atoms with Crippen molar-refractivity contribution < 1.29 is 9.47 Å². The molecule has 0 spiro atoms. The number of aromatic nitrogens is 2. The van der Waals surface area contributed by atoms with Crippen LogP contribution in [0.5, 0.6) is 0 Å². The van der Waals surface area contributed by atoms with E-state index in [1.807, 2.05) is 24.5 Å². The van der Waals surface area contributed by atoms with Gasteiger partial charge >= 0.3 is 0 Å². The van der Waals surface area contributed by atoms with Gasteiger partial charge in [0.25, 0.3) is 0 Å². The van der Waals surface area contributed by atoms with Crippen molar-refractivity contribution in [3.63, 3.8) is 0 Å². The minimum absolute atomic E-state index is 0.110. The second-order valence-corrected chi connectivity index (χ2v) is 4.21. The van der Waals surface area contributed by atoms with Crippen molar-refractivity contribution in [1.82, 2.24) is 9.55 Å². The number of hydrogen-bond donors (Lipinski definition) is 1. The molecule has 90 valence electrons. The van der Waals surface area contributed by atoms with Crippen molar-refractivity contribution in [2.75, 3.05) is 25.6 Å². The number of fused-ring (bicyclic) bond motifs is 1. The third kappa shape index (κ3) is 2.11. The first-order chi connectivity index (χ1) is 8.33. The lowest BCUT2D eigenvalue weighted by Gasteiger charge is -2.23. The van der Waals surface area contributed by atoms with E-state index in [0.717, 1.165) is 23.3 Å². The molecule has 1 aromatic heterocycles. The van der Waals surface area contributed by atoms with Crippen LogP contribution < -0.4 is 5.73 Å². The fourth-order valence-electron chi connectivity index (χ4n) is 2.09. The van der Waals surface area contributed by atoms with E-state index >= 15 is 0 Å². The SMILES string of the molecule is Nc1ccc2c(c1)ncn2C[C@H]1COCCO1. The average molecular weight is 233 g/mol. The van der Waals surface area contributed by atoms with E-state index in [1.165, 1.54) is 0 Å². The fourth-order valence-corrected chi connectivity index (χ4v) is 2.09. The Morgan fingerprint density at radius 2 is 2.35 bits per heavy atom. The lowest BCUT2D eigenvalue weighted by molar-refractivity contribution is -0.0932. The highest BCUT2D eigenvalue weighted by molar-refractivity contribution is 5.78. The Morgan fingerprint density at radius 1 is 1.41 bits per heavy atom. The molecule has 5 heteroatoms. The van der Waals surface area contributed by atoms with Crippen molar-refractivity contribution in [1.29, 1.82) is 0 Å². The number of benzene rings is 1. The molecule has 0 unspecified atom stereocenters. The molecule has 2 aromatic rings. The van der Waals surface area contributed by atoms with E-state index in [-0.39, 0.29) is 6.10 Å². The average Bonchev–Trinajstić information content (AvgIpc) is 2.73. The standard InChI is InChI=1S/C12H15N3O2/c13-9-1-2-12-11(5-9)14-8-15(12)6-10-7-16-3-4-17-10/h1-2,5,8,10H,3-4,6-7,13H2/t10-/m0/s1. The van der Waals surface area contributed by atoms with Gasteiger partial charge in [-0.2, -0.15) is 0 Å². The van der Waals surface area contributed by atoms with Crippen molar-refractivity contribution in [3.8, 4) is 0 Å². The monoisotopic (exact) mass is 233 g/mol. The van der Waals surface area contributed by atoms with Gasteiger partial charge in [-0.1, -0.05) is 0 Å². The molecule has 2 heterocycles. The molecule has 1 aliphatic rings. The summed E-state index contributed by atoms with van der Waals surface area (Å²) in [6.07, 6.45) is 1.93. The first-order valence-electron chi connectivity index (χ1n) is 5.72. The van der Waals surface area contributed by atoms with Crippen LogP contribution in [0.15, 0.2) is 24.5 Å². The molecule has 0 amide bonds. The maximum Gasteiger partial charge on any atom is 0.0988 e. The minimum Gasteiger partial charge on any atom is -0.399 e. The van der Waals surface area contributed by atoms with Crippen LogP contribution in [0.4, 0.5) is 5.69 Å². The topological polar surface area (TPSA) is 62.3 Å². The molecule has 17 heavy (non-hydrogen) atoms. The van der Waals surface area contributed by atoms with Crippen LogP contribution in [0.2, 0.25) is 0 Å². The molecule has 2 N–H and O–H groups in total. The molecule has 0 aliphatic carbocycles. The van der Waals surface area contributed by atoms with Crippen molar-refractivity contribution >= 4 is 16.7 Å². The van der Waals surface area contributed by atoms with E-state index in [2.05, 4.69) is 9.55 Å². The second kappa shape index (κ2) is 4.35. The number of nitrogens with zero attached hydrogens (tertiary/aromatic N) is 2. The van der Waals surface area contributed by atoms with Crippen LogP contribution in [0.1, 0.15) is 0 Å². The quantitative estimate of drug-likeness (QED) is 0.787. The van der Waals surface area contributed by atoms with E-state index in [4.69, 9.17) is 15.2 Å². The molecule has 1 saturated heterocycles. The molecule has 0 bridgehead atoms. The van der Waals surface area contributed by atoms with Gasteiger partial charge < -0.3 is 19.8 Å². The Kier molecular flexibility index (Phi) is 2.70. The Bertz CT molecular complexity index is 517. The summed E-state index contributed by atoms with van der Waals surface area (Å²) in [5.74, 6) is 0. The van der Waals surface area contributed by atoms with E-state index < -0.39 is 0 Å². The molecule has 0 radical (unpaired) electrons. The summed E-state index contributed by atoms with van der Waals surface area (Å²) in [5, 5.41) is 0.